The summed E-state index contributed by atoms with van der Waals surface area (Å²) < 4.78 is 0. The van der Waals surface area contributed by atoms with E-state index in [-0.39, 0.29) is 0 Å². The minimum atomic E-state index is 1.19. The van der Waals surface area contributed by atoms with E-state index >= 15 is 0 Å². The van der Waals surface area contributed by atoms with E-state index in [0.29, 0.717) is 0 Å². The van der Waals surface area contributed by atoms with E-state index in [1.165, 1.54) is 49.3 Å². The van der Waals surface area contributed by atoms with Gasteiger partial charge in [-0.3, -0.25) is 0 Å². The maximum absolute atomic E-state index is 3.65. The lowest BCUT2D eigenvalue weighted by atomic mass is 9.93. The number of hydrogen-bond donors (Lipinski definition) is 1. The Labute approximate surface area is 140 Å². The Hall–Kier alpha value is -3.06. The molecule has 0 fully saturated rings. The molecule has 0 aliphatic carbocycles. The Balaban J connectivity index is 1.97. The van der Waals surface area contributed by atoms with E-state index in [1.807, 2.05) is 0 Å². The number of aromatic nitrogens is 1. The molecule has 1 heteroatoms. The summed E-state index contributed by atoms with van der Waals surface area (Å²) in [4.78, 5) is 3.65. The second kappa shape index (κ2) is 4.97. The highest BCUT2D eigenvalue weighted by atomic mass is 14.7. The molecule has 24 heavy (non-hydrogen) atoms. The normalized spacial score (nSPS) is 11.5. The van der Waals surface area contributed by atoms with Crippen LogP contribution in [0.15, 0.2) is 78.9 Å². The number of para-hydroxylation sites is 1. The van der Waals surface area contributed by atoms with Crippen LogP contribution in [0.5, 0.6) is 0 Å². The predicted octanol–water partition coefficient (Wildman–Crippen LogP) is 6.45. The summed E-state index contributed by atoms with van der Waals surface area (Å²) in [6, 6.07) is 28.2. The first-order valence-corrected chi connectivity index (χ1v) is 8.31. The Morgan fingerprint density at radius 3 is 2.29 bits per heavy atom. The van der Waals surface area contributed by atoms with Crippen molar-refractivity contribution in [2.75, 3.05) is 0 Å². The van der Waals surface area contributed by atoms with Crippen LogP contribution in [0.4, 0.5) is 0 Å². The van der Waals surface area contributed by atoms with Gasteiger partial charge in [-0.2, -0.15) is 0 Å². The standard InChI is InChI=1S/C23H17N/c1-15-13-14-20-18-10-4-5-12-21(18)24-23(20)22(15)19-11-6-8-16-7-2-3-9-17(16)19/h2-14,24H,1H3. The molecule has 0 aliphatic rings. The molecule has 1 heterocycles. The van der Waals surface area contributed by atoms with Gasteiger partial charge >= 0.3 is 0 Å². The number of nitrogens with one attached hydrogen (secondary N) is 1. The van der Waals surface area contributed by atoms with E-state index < -0.39 is 0 Å². The zero-order valence-electron chi connectivity index (χ0n) is 13.5. The molecule has 1 aromatic heterocycles. The van der Waals surface area contributed by atoms with Crippen LogP contribution in [0, 0.1) is 6.92 Å². The molecular weight excluding hydrogens is 290 g/mol. The van der Waals surface area contributed by atoms with Crippen LogP contribution in [0.3, 0.4) is 0 Å². The minimum absolute atomic E-state index is 1.19. The van der Waals surface area contributed by atoms with Gasteiger partial charge < -0.3 is 4.98 Å². The summed E-state index contributed by atoms with van der Waals surface area (Å²) in [7, 11) is 0. The third-order valence-corrected chi connectivity index (χ3v) is 4.95. The van der Waals surface area contributed by atoms with Gasteiger partial charge in [0.15, 0.2) is 0 Å². The van der Waals surface area contributed by atoms with Crippen LogP contribution in [0.2, 0.25) is 0 Å². The molecule has 0 aliphatic heterocycles. The molecule has 0 bridgehead atoms. The molecule has 4 aromatic carbocycles. The molecule has 1 N–H and O–H groups in total. The third kappa shape index (κ3) is 1.82. The number of hydrogen-bond acceptors (Lipinski definition) is 0. The van der Waals surface area contributed by atoms with Gasteiger partial charge in [-0.1, -0.05) is 72.8 Å². The van der Waals surface area contributed by atoms with Crippen molar-refractivity contribution in [3.63, 3.8) is 0 Å². The van der Waals surface area contributed by atoms with Gasteiger partial charge in [-0.05, 0) is 34.9 Å². The second-order valence-electron chi connectivity index (χ2n) is 6.38. The number of fused-ring (bicyclic) bond motifs is 4. The molecule has 0 radical (unpaired) electrons. The fourth-order valence-electron chi connectivity index (χ4n) is 3.81. The summed E-state index contributed by atoms with van der Waals surface area (Å²) in [6.07, 6.45) is 0. The first kappa shape index (κ1) is 13.4. The van der Waals surface area contributed by atoms with Gasteiger partial charge in [0.05, 0.1) is 5.52 Å². The van der Waals surface area contributed by atoms with E-state index in [4.69, 9.17) is 0 Å². The molecule has 0 saturated carbocycles. The van der Waals surface area contributed by atoms with Gasteiger partial charge in [0.2, 0.25) is 0 Å². The molecule has 0 atom stereocenters. The smallest absolute Gasteiger partial charge is 0.0547 e. The van der Waals surface area contributed by atoms with Gasteiger partial charge in [-0.15, -0.1) is 0 Å². The molecular formula is C23H17N. The number of aryl methyl sites for hydroxylation is 1. The van der Waals surface area contributed by atoms with Crippen molar-refractivity contribution < 1.29 is 0 Å². The fourth-order valence-corrected chi connectivity index (χ4v) is 3.81. The molecule has 0 amide bonds. The molecule has 114 valence electrons. The number of rotatable bonds is 1. The summed E-state index contributed by atoms with van der Waals surface area (Å²) in [5, 5.41) is 5.16. The lowest BCUT2D eigenvalue weighted by Gasteiger charge is -2.11. The Morgan fingerprint density at radius 2 is 1.38 bits per heavy atom. The Morgan fingerprint density at radius 1 is 0.625 bits per heavy atom. The molecule has 0 saturated heterocycles. The molecule has 1 nitrogen and oxygen atoms in total. The van der Waals surface area contributed by atoms with Crippen LogP contribution >= 0.6 is 0 Å². The average Bonchev–Trinajstić information content (AvgIpc) is 3.00. The first-order chi connectivity index (χ1) is 11.8. The van der Waals surface area contributed by atoms with Crippen molar-refractivity contribution >= 4 is 32.6 Å². The molecule has 0 spiro atoms. The maximum Gasteiger partial charge on any atom is 0.0547 e. The maximum atomic E-state index is 3.65. The highest BCUT2D eigenvalue weighted by Gasteiger charge is 2.13. The third-order valence-electron chi connectivity index (χ3n) is 4.95. The first-order valence-electron chi connectivity index (χ1n) is 8.31. The van der Waals surface area contributed by atoms with Crippen LogP contribution in [0.25, 0.3) is 43.7 Å². The fraction of sp³-hybridized carbons (Fsp3) is 0.0435. The second-order valence-corrected chi connectivity index (χ2v) is 6.38. The lowest BCUT2D eigenvalue weighted by molar-refractivity contribution is 1.46. The number of aromatic amines is 1. The monoisotopic (exact) mass is 307 g/mol. The van der Waals surface area contributed by atoms with Gasteiger partial charge in [0.25, 0.3) is 0 Å². The lowest BCUT2D eigenvalue weighted by Crippen LogP contribution is -1.87. The van der Waals surface area contributed by atoms with Crippen molar-refractivity contribution in [2.45, 2.75) is 6.92 Å². The largest absolute Gasteiger partial charge is 0.354 e. The average molecular weight is 307 g/mol. The van der Waals surface area contributed by atoms with E-state index in [9.17, 15) is 0 Å². The van der Waals surface area contributed by atoms with Crippen molar-refractivity contribution in [2.24, 2.45) is 0 Å². The van der Waals surface area contributed by atoms with E-state index in [1.54, 1.807) is 0 Å². The van der Waals surface area contributed by atoms with Crippen LogP contribution in [-0.2, 0) is 0 Å². The molecule has 5 aromatic rings. The Bertz CT molecular complexity index is 1210. The Kier molecular flexibility index (Phi) is 2.77. The quantitative estimate of drug-likeness (QED) is 0.366. The van der Waals surface area contributed by atoms with Gasteiger partial charge in [-0.25, -0.2) is 0 Å². The minimum Gasteiger partial charge on any atom is -0.354 e. The highest BCUT2D eigenvalue weighted by Crippen LogP contribution is 2.38. The van der Waals surface area contributed by atoms with Crippen molar-refractivity contribution in [3.8, 4) is 11.1 Å². The zero-order chi connectivity index (χ0) is 16.1. The van der Waals surface area contributed by atoms with E-state index in [0.717, 1.165) is 0 Å². The van der Waals surface area contributed by atoms with Gasteiger partial charge in [0.1, 0.15) is 0 Å². The highest BCUT2D eigenvalue weighted by molar-refractivity contribution is 6.14. The summed E-state index contributed by atoms with van der Waals surface area (Å²) in [5.74, 6) is 0. The summed E-state index contributed by atoms with van der Waals surface area (Å²) >= 11 is 0. The predicted molar refractivity (Wildman–Crippen MR) is 103 cm³/mol. The SMILES string of the molecule is Cc1ccc2c([nH]c3ccccc32)c1-c1cccc2ccccc12. The number of H-pyrrole nitrogens is 1. The van der Waals surface area contributed by atoms with Crippen molar-refractivity contribution in [3.05, 3.63) is 84.4 Å². The molecule has 5 rings (SSSR count). The molecule has 0 unspecified atom stereocenters. The zero-order valence-corrected chi connectivity index (χ0v) is 13.5. The van der Waals surface area contributed by atoms with Crippen molar-refractivity contribution in [1.29, 1.82) is 0 Å². The van der Waals surface area contributed by atoms with Crippen molar-refractivity contribution in [1.82, 2.24) is 4.98 Å². The summed E-state index contributed by atoms with van der Waals surface area (Å²) in [5.41, 5.74) is 6.32. The van der Waals surface area contributed by atoms with Gasteiger partial charge in [0, 0.05) is 21.9 Å². The summed E-state index contributed by atoms with van der Waals surface area (Å²) in [6.45, 7) is 2.20. The van der Waals surface area contributed by atoms with E-state index in [2.05, 4.69) is 90.8 Å². The van der Waals surface area contributed by atoms with Crippen LogP contribution < -0.4 is 0 Å². The number of benzene rings is 4. The van der Waals surface area contributed by atoms with Crippen LogP contribution in [0.1, 0.15) is 5.56 Å². The van der Waals surface area contributed by atoms with Crippen LogP contribution in [-0.4, -0.2) is 4.98 Å². The topological polar surface area (TPSA) is 15.8 Å².